The highest BCUT2D eigenvalue weighted by molar-refractivity contribution is 7.15. The molecule has 0 radical (unpaired) electrons. The van der Waals surface area contributed by atoms with E-state index in [9.17, 15) is 0 Å². The summed E-state index contributed by atoms with van der Waals surface area (Å²) < 4.78 is 13.3. The first-order chi connectivity index (χ1) is 9.35. The van der Waals surface area contributed by atoms with Crippen molar-refractivity contribution in [1.82, 2.24) is 14.7 Å². The van der Waals surface area contributed by atoms with Crippen LogP contribution >= 0.6 is 11.3 Å². The zero-order valence-corrected chi connectivity index (χ0v) is 11.7. The summed E-state index contributed by atoms with van der Waals surface area (Å²) in [6.45, 7) is 0.776. The minimum absolute atomic E-state index is 0.405. The molecule has 2 bridgehead atoms. The number of rotatable bonds is 4. The number of hydrogen-bond donors (Lipinski definition) is 1. The minimum atomic E-state index is 0.405. The van der Waals surface area contributed by atoms with Crippen LogP contribution in [0, 0.1) is 0 Å². The van der Waals surface area contributed by atoms with Crippen molar-refractivity contribution in [3.05, 3.63) is 17.3 Å². The lowest BCUT2D eigenvalue weighted by atomic mass is 9.95. The quantitative estimate of drug-likeness (QED) is 0.927. The van der Waals surface area contributed by atoms with Gasteiger partial charge in [0.15, 0.2) is 4.96 Å². The lowest BCUT2D eigenvalue weighted by Gasteiger charge is -2.19. The largest absolute Gasteiger partial charge is 0.480 e. The summed E-state index contributed by atoms with van der Waals surface area (Å²) in [4.78, 5) is 5.46. The van der Waals surface area contributed by atoms with E-state index in [1.165, 1.54) is 12.8 Å². The smallest absolute Gasteiger partial charge is 0.237 e. The third kappa shape index (κ3) is 1.86. The molecule has 0 spiro atoms. The maximum Gasteiger partial charge on any atom is 0.237 e. The lowest BCUT2D eigenvalue weighted by molar-refractivity contribution is 0.0972. The Balaban J connectivity index is 1.53. The first-order valence-electron chi connectivity index (χ1n) is 6.72. The molecule has 4 heterocycles. The van der Waals surface area contributed by atoms with Gasteiger partial charge in [-0.3, -0.25) is 4.40 Å². The first kappa shape index (κ1) is 11.7. The summed E-state index contributed by atoms with van der Waals surface area (Å²) >= 11 is 1.63. The molecule has 6 heteroatoms. The van der Waals surface area contributed by atoms with E-state index in [0.717, 1.165) is 29.5 Å². The Morgan fingerprint density at radius 2 is 2.53 bits per heavy atom. The molecule has 0 aromatic carbocycles. The number of fused-ring (bicyclic) bond motifs is 3. The van der Waals surface area contributed by atoms with E-state index in [0.29, 0.717) is 18.2 Å². The second-order valence-electron chi connectivity index (χ2n) is 5.22. The summed E-state index contributed by atoms with van der Waals surface area (Å²) in [5.41, 5.74) is 1.10. The zero-order chi connectivity index (χ0) is 12.8. The molecule has 2 aromatic rings. The van der Waals surface area contributed by atoms with Gasteiger partial charge in [0.1, 0.15) is 5.69 Å². The summed E-state index contributed by atoms with van der Waals surface area (Å²) in [6.07, 6.45) is 6.49. The van der Waals surface area contributed by atoms with Gasteiger partial charge in [0.05, 0.1) is 19.3 Å². The van der Waals surface area contributed by atoms with Gasteiger partial charge in [-0.05, 0) is 19.3 Å². The van der Waals surface area contributed by atoms with Gasteiger partial charge in [0.25, 0.3) is 0 Å². The van der Waals surface area contributed by atoms with Crippen molar-refractivity contribution >= 4 is 16.3 Å². The Kier molecular flexibility index (Phi) is 2.75. The highest BCUT2D eigenvalue weighted by Gasteiger charge is 2.40. The van der Waals surface area contributed by atoms with Gasteiger partial charge in [-0.1, -0.05) is 0 Å². The fourth-order valence-corrected chi connectivity index (χ4v) is 3.94. The SMILES string of the molecule is COc1nc2sccn2c1CNC1CC2CCC1O2. The number of imidazole rings is 1. The van der Waals surface area contributed by atoms with Crippen LogP contribution in [0.1, 0.15) is 25.0 Å². The van der Waals surface area contributed by atoms with Crippen LogP contribution in [0.5, 0.6) is 5.88 Å². The monoisotopic (exact) mass is 279 g/mol. The number of nitrogens with zero attached hydrogens (tertiary/aromatic N) is 2. The van der Waals surface area contributed by atoms with Gasteiger partial charge in [-0.2, -0.15) is 4.98 Å². The van der Waals surface area contributed by atoms with Crippen LogP contribution in [0.4, 0.5) is 0 Å². The minimum Gasteiger partial charge on any atom is -0.480 e. The normalized spacial score (nSPS) is 29.4. The molecule has 0 amide bonds. The molecule has 19 heavy (non-hydrogen) atoms. The lowest BCUT2D eigenvalue weighted by Crippen LogP contribution is -2.37. The van der Waals surface area contributed by atoms with Crippen LogP contribution in [0.25, 0.3) is 4.96 Å². The molecule has 0 aliphatic carbocycles. The highest BCUT2D eigenvalue weighted by atomic mass is 32.1. The van der Waals surface area contributed by atoms with Gasteiger partial charge < -0.3 is 14.8 Å². The van der Waals surface area contributed by atoms with Crippen LogP contribution < -0.4 is 10.1 Å². The van der Waals surface area contributed by atoms with Crippen molar-refractivity contribution < 1.29 is 9.47 Å². The number of ether oxygens (including phenoxy) is 2. The molecule has 2 aliphatic rings. The summed E-state index contributed by atoms with van der Waals surface area (Å²) in [5.74, 6) is 0.725. The summed E-state index contributed by atoms with van der Waals surface area (Å²) in [5, 5.41) is 5.66. The van der Waals surface area contributed by atoms with Crippen molar-refractivity contribution in [3.8, 4) is 5.88 Å². The van der Waals surface area contributed by atoms with Gasteiger partial charge >= 0.3 is 0 Å². The molecule has 1 N–H and O–H groups in total. The number of thiazole rings is 1. The van der Waals surface area contributed by atoms with E-state index in [1.807, 2.05) is 11.6 Å². The first-order valence-corrected chi connectivity index (χ1v) is 7.60. The van der Waals surface area contributed by atoms with Crippen molar-refractivity contribution in [3.63, 3.8) is 0 Å². The molecular weight excluding hydrogens is 262 g/mol. The van der Waals surface area contributed by atoms with E-state index >= 15 is 0 Å². The molecule has 2 fully saturated rings. The van der Waals surface area contributed by atoms with Gasteiger partial charge in [0, 0.05) is 24.2 Å². The number of nitrogens with one attached hydrogen (secondary N) is 1. The van der Waals surface area contributed by atoms with Crippen LogP contribution in [0.15, 0.2) is 11.6 Å². The molecule has 2 aromatic heterocycles. The number of aromatic nitrogens is 2. The number of hydrogen-bond acceptors (Lipinski definition) is 5. The Morgan fingerprint density at radius 3 is 3.26 bits per heavy atom. The highest BCUT2D eigenvalue weighted by Crippen LogP contribution is 2.34. The van der Waals surface area contributed by atoms with Crippen molar-refractivity contribution in [2.75, 3.05) is 7.11 Å². The fourth-order valence-electron chi connectivity index (χ4n) is 3.22. The average molecular weight is 279 g/mol. The maximum absolute atomic E-state index is 5.87. The maximum atomic E-state index is 5.87. The Hall–Kier alpha value is -1.11. The zero-order valence-electron chi connectivity index (χ0n) is 10.8. The second-order valence-corrected chi connectivity index (χ2v) is 6.09. The third-order valence-corrected chi connectivity index (χ3v) is 4.91. The predicted molar refractivity (Wildman–Crippen MR) is 72.8 cm³/mol. The van der Waals surface area contributed by atoms with Crippen molar-refractivity contribution in [2.45, 2.75) is 44.1 Å². The Labute approximate surface area is 115 Å². The summed E-state index contributed by atoms with van der Waals surface area (Å²) in [7, 11) is 1.68. The Morgan fingerprint density at radius 1 is 1.58 bits per heavy atom. The van der Waals surface area contributed by atoms with Crippen LogP contribution in [-0.4, -0.2) is 34.7 Å². The molecule has 3 unspecified atom stereocenters. The van der Waals surface area contributed by atoms with E-state index in [2.05, 4.69) is 14.7 Å². The van der Waals surface area contributed by atoms with Crippen molar-refractivity contribution in [1.29, 1.82) is 0 Å². The van der Waals surface area contributed by atoms with Crippen molar-refractivity contribution in [2.24, 2.45) is 0 Å². The molecule has 2 aliphatic heterocycles. The number of methoxy groups -OCH3 is 1. The fraction of sp³-hybridized carbons (Fsp3) is 0.615. The molecular formula is C13H17N3O2S. The van der Waals surface area contributed by atoms with Gasteiger partial charge in [-0.25, -0.2) is 0 Å². The van der Waals surface area contributed by atoms with Gasteiger partial charge in [-0.15, -0.1) is 11.3 Å². The predicted octanol–water partition coefficient (Wildman–Crippen LogP) is 1.81. The second kappa shape index (κ2) is 4.47. The van der Waals surface area contributed by atoms with E-state index in [4.69, 9.17) is 9.47 Å². The topological polar surface area (TPSA) is 47.8 Å². The summed E-state index contributed by atoms with van der Waals surface area (Å²) in [6, 6.07) is 0.479. The Bertz CT molecular complexity index is 594. The molecule has 3 atom stereocenters. The average Bonchev–Trinajstić information content (AvgIpc) is 3.16. The van der Waals surface area contributed by atoms with E-state index in [1.54, 1.807) is 18.4 Å². The van der Waals surface area contributed by atoms with Crippen LogP contribution in [0.3, 0.4) is 0 Å². The molecule has 5 nitrogen and oxygen atoms in total. The van der Waals surface area contributed by atoms with E-state index in [-0.39, 0.29) is 0 Å². The van der Waals surface area contributed by atoms with Gasteiger partial charge in [0.2, 0.25) is 5.88 Å². The molecule has 0 saturated carbocycles. The molecule has 4 rings (SSSR count). The van der Waals surface area contributed by atoms with E-state index < -0.39 is 0 Å². The molecule has 102 valence electrons. The molecule has 2 saturated heterocycles. The third-order valence-electron chi connectivity index (χ3n) is 4.16. The van der Waals surface area contributed by atoms with Crippen LogP contribution in [-0.2, 0) is 11.3 Å². The standard InChI is InChI=1S/C13H17N3O2S/c1-17-12-10(16-4-5-19-13(16)15-12)7-14-9-6-8-2-3-11(9)18-8/h4-5,8-9,11,14H,2-3,6-7H2,1H3. The van der Waals surface area contributed by atoms with Crippen LogP contribution in [0.2, 0.25) is 0 Å².